The molecule has 0 aromatic carbocycles. The van der Waals surface area contributed by atoms with E-state index >= 15 is 0 Å². The van der Waals surface area contributed by atoms with Gasteiger partial charge in [0.2, 0.25) is 0 Å². The Morgan fingerprint density at radius 1 is 1.39 bits per heavy atom. The number of pyridine rings is 1. The molecule has 0 unspecified atom stereocenters. The standard InChI is InChI=1S/C17H24N4OS/c1-13(7-11-22)21-9-5-14(6-10-21)15-12-23-17(19-15)20-16-4-2-3-8-18-16/h2-4,8,12-14,22H,5-7,9-11H2,1H3,(H,18,19,20)/t13-/m0/s1. The zero-order valence-corrected chi connectivity index (χ0v) is 14.3. The lowest BCUT2D eigenvalue weighted by Gasteiger charge is -2.35. The number of hydrogen-bond acceptors (Lipinski definition) is 6. The number of nitrogens with zero attached hydrogens (tertiary/aromatic N) is 3. The lowest BCUT2D eigenvalue weighted by molar-refractivity contribution is 0.135. The molecule has 2 aromatic heterocycles. The molecule has 0 saturated carbocycles. The molecule has 6 heteroatoms. The topological polar surface area (TPSA) is 61.3 Å². The zero-order valence-electron chi connectivity index (χ0n) is 13.5. The summed E-state index contributed by atoms with van der Waals surface area (Å²) in [6, 6.07) is 6.29. The fourth-order valence-corrected chi connectivity index (χ4v) is 3.88. The summed E-state index contributed by atoms with van der Waals surface area (Å²) in [5.74, 6) is 1.38. The molecule has 5 nitrogen and oxygen atoms in total. The minimum absolute atomic E-state index is 0.274. The first kappa shape index (κ1) is 16.4. The molecular weight excluding hydrogens is 308 g/mol. The van der Waals surface area contributed by atoms with Crippen LogP contribution in [0, 0.1) is 0 Å². The average molecular weight is 332 g/mol. The lowest BCUT2D eigenvalue weighted by Crippen LogP contribution is -2.39. The van der Waals surface area contributed by atoms with Gasteiger partial charge in [-0.1, -0.05) is 6.07 Å². The normalized spacial score (nSPS) is 18.0. The maximum Gasteiger partial charge on any atom is 0.188 e. The second-order valence-corrected chi connectivity index (χ2v) is 6.95. The minimum Gasteiger partial charge on any atom is -0.396 e. The van der Waals surface area contributed by atoms with Gasteiger partial charge in [0.1, 0.15) is 5.82 Å². The van der Waals surface area contributed by atoms with E-state index in [2.05, 4.69) is 27.5 Å². The number of hydrogen-bond donors (Lipinski definition) is 2. The fraction of sp³-hybridized carbons (Fsp3) is 0.529. The van der Waals surface area contributed by atoms with Crippen molar-refractivity contribution in [2.75, 3.05) is 25.0 Å². The van der Waals surface area contributed by atoms with Crippen LogP contribution in [0.4, 0.5) is 10.9 Å². The van der Waals surface area contributed by atoms with Gasteiger partial charge >= 0.3 is 0 Å². The van der Waals surface area contributed by atoms with Crippen LogP contribution >= 0.6 is 11.3 Å². The quantitative estimate of drug-likeness (QED) is 0.850. The van der Waals surface area contributed by atoms with E-state index in [1.54, 1.807) is 17.5 Å². The number of aliphatic hydroxyl groups excluding tert-OH is 1. The van der Waals surface area contributed by atoms with Crippen molar-refractivity contribution in [1.82, 2.24) is 14.9 Å². The second-order valence-electron chi connectivity index (χ2n) is 6.09. The summed E-state index contributed by atoms with van der Waals surface area (Å²) in [5, 5.41) is 15.4. The van der Waals surface area contributed by atoms with Gasteiger partial charge in [0.05, 0.1) is 5.69 Å². The van der Waals surface area contributed by atoms with Gasteiger partial charge in [0.25, 0.3) is 0 Å². The minimum atomic E-state index is 0.274. The smallest absolute Gasteiger partial charge is 0.188 e. The predicted octanol–water partition coefficient (Wildman–Crippen LogP) is 3.23. The third-order valence-electron chi connectivity index (χ3n) is 4.54. The van der Waals surface area contributed by atoms with E-state index in [4.69, 9.17) is 10.1 Å². The van der Waals surface area contributed by atoms with Crippen LogP contribution in [0.15, 0.2) is 29.8 Å². The molecule has 1 aliphatic rings. The van der Waals surface area contributed by atoms with E-state index in [1.165, 1.54) is 5.69 Å². The Morgan fingerprint density at radius 3 is 2.91 bits per heavy atom. The van der Waals surface area contributed by atoms with Crippen LogP contribution in [-0.4, -0.2) is 45.7 Å². The van der Waals surface area contributed by atoms with Crippen molar-refractivity contribution in [3.63, 3.8) is 0 Å². The highest BCUT2D eigenvalue weighted by atomic mass is 32.1. The fourth-order valence-electron chi connectivity index (χ4n) is 3.08. The van der Waals surface area contributed by atoms with Gasteiger partial charge < -0.3 is 15.3 Å². The highest BCUT2D eigenvalue weighted by Gasteiger charge is 2.25. The Kier molecular flexibility index (Phi) is 5.59. The Balaban J connectivity index is 1.55. The number of thiazole rings is 1. The average Bonchev–Trinajstić information content (AvgIpc) is 3.05. The van der Waals surface area contributed by atoms with E-state index in [9.17, 15) is 0 Å². The maximum atomic E-state index is 9.07. The summed E-state index contributed by atoms with van der Waals surface area (Å²) in [4.78, 5) is 11.5. The molecule has 1 atom stereocenters. The van der Waals surface area contributed by atoms with Crippen LogP contribution in [0.25, 0.3) is 0 Å². The third kappa shape index (κ3) is 4.28. The van der Waals surface area contributed by atoms with Gasteiger partial charge in [0, 0.05) is 30.1 Å². The van der Waals surface area contributed by atoms with Gasteiger partial charge in [-0.05, 0) is 51.4 Å². The van der Waals surface area contributed by atoms with Gasteiger partial charge in [-0.25, -0.2) is 9.97 Å². The molecule has 0 spiro atoms. The van der Waals surface area contributed by atoms with Crippen LogP contribution in [0.3, 0.4) is 0 Å². The Morgan fingerprint density at radius 2 is 2.22 bits per heavy atom. The summed E-state index contributed by atoms with van der Waals surface area (Å²) in [7, 11) is 0. The second kappa shape index (κ2) is 7.86. The molecule has 2 N–H and O–H groups in total. The summed E-state index contributed by atoms with van der Waals surface area (Å²) in [6.45, 7) is 4.66. The van der Waals surface area contributed by atoms with E-state index in [0.717, 1.165) is 43.3 Å². The number of rotatable bonds is 6. The molecule has 1 fully saturated rings. The van der Waals surface area contributed by atoms with Crippen molar-refractivity contribution in [2.45, 2.75) is 38.1 Å². The molecule has 0 radical (unpaired) electrons. The first-order chi connectivity index (χ1) is 11.3. The van der Waals surface area contributed by atoms with Gasteiger partial charge in [-0.2, -0.15) is 0 Å². The molecule has 1 saturated heterocycles. The van der Waals surface area contributed by atoms with Crippen molar-refractivity contribution < 1.29 is 5.11 Å². The summed E-state index contributed by atoms with van der Waals surface area (Å²) < 4.78 is 0. The van der Waals surface area contributed by atoms with E-state index < -0.39 is 0 Å². The molecule has 1 aliphatic heterocycles. The van der Waals surface area contributed by atoms with E-state index in [1.807, 2.05) is 18.2 Å². The Hall–Kier alpha value is -1.50. The molecule has 0 amide bonds. The van der Waals surface area contributed by atoms with Crippen molar-refractivity contribution in [1.29, 1.82) is 0 Å². The van der Waals surface area contributed by atoms with Crippen LogP contribution in [0.2, 0.25) is 0 Å². The monoisotopic (exact) mass is 332 g/mol. The number of nitrogens with one attached hydrogen (secondary N) is 1. The van der Waals surface area contributed by atoms with E-state index in [0.29, 0.717) is 12.0 Å². The molecule has 0 aliphatic carbocycles. The molecule has 23 heavy (non-hydrogen) atoms. The van der Waals surface area contributed by atoms with Crippen molar-refractivity contribution in [3.8, 4) is 0 Å². The largest absolute Gasteiger partial charge is 0.396 e. The first-order valence-corrected chi connectivity index (χ1v) is 9.12. The van der Waals surface area contributed by atoms with E-state index in [-0.39, 0.29) is 6.61 Å². The number of piperidine rings is 1. The number of aliphatic hydroxyl groups is 1. The van der Waals surface area contributed by atoms with Crippen molar-refractivity contribution in [3.05, 3.63) is 35.5 Å². The number of anilines is 2. The SMILES string of the molecule is C[C@@H](CCO)N1CCC(c2csc(Nc3ccccn3)n2)CC1. The van der Waals surface area contributed by atoms with Gasteiger partial charge in [-0.15, -0.1) is 11.3 Å². The maximum absolute atomic E-state index is 9.07. The summed E-state index contributed by atoms with van der Waals surface area (Å²) >= 11 is 1.64. The predicted molar refractivity (Wildman–Crippen MR) is 94.3 cm³/mol. The highest BCUT2D eigenvalue weighted by molar-refractivity contribution is 7.13. The molecule has 2 aromatic rings. The molecule has 124 valence electrons. The summed E-state index contributed by atoms with van der Waals surface area (Å²) in [5.41, 5.74) is 1.20. The zero-order chi connectivity index (χ0) is 16.1. The lowest BCUT2D eigenvalue weighted by atomic mass is 9.93. The Bertz CT molecular complexity index is 596. The Labute approximate surface area is 141 Å². The molecule has 3 rings (SSSR count). The van der Waals surface area contributed by atoms with Gasteiger partial charge in [-0.3, -0.25) is 0 Å². The van der Waals surface area contributed by atoms with Crippen molar-refractivity contribution in [2.24, 2.45) is 0 Å². The highest BCUT2D eigenvalue weighted by Crippen LogP contribution is 2.31. The van der Waals surface area contributed by atoms with Gasteiger partial charge in [0.15, 0.2) is 5.13 Å². The number of likely N-dealkylation sites (tertiary alicyclic amines) is 1. The molecule has 3 heterocycles. The number of aromatic nitrogens is 2. The summed E-state index contributed by atoms with van der Waals surface area (Å²) in [6.07, 6.45) is 4.92. The third-order valence-corrected chi connectivity index (χ3v) is 5.32. The van der Waals surface area contributed by atoms with Crippen molar-refractivity contribution >= 4 is 22.3 Å². The molecular formula is C17H24N4OS. The van der Waals surface area contributed by atoms with Crippen LogP contribution in [0.1, 0.15) is 37.8 Å². The van der Waals surface area contributed by atoms with Crippen LogP contribution in [-0.2, 0) is 0 Å². The van der Waals surface area contributed by atoms with Crippen LogP contribution < -0.4 is 5.32 Å². The first-order valence-electron chi connectivity index (χ1n) is 8.24. The van der Waals surface area contributed by atoms with Crippen LogP contribution in [0.5, 0.6) is 0 Å². The molecule has 0 bridgehead atoms.